The zero-order chi connectivity index (χ0) is 11.1. The number of likely N-dealkylation sites (N-methyl/N-ethyl adjacent to an activating group) is 1. The average molecular weight is 278 g/mol. The minimum atomic E-state index is 0.612. The van der Waals surface area contributed by atoms with E-state index in [2.05, 4.69) is 37.1 Å². The fourth-order valence-electron chi connectivity index (χ4n) is 2.54. The van der Waals surface area contributed by atoms with Crippen LogP contribution in [-0.4, -0.2) is 39.5 Å². The molecule has 1 nitrogen and oxygen atoms in total. The molecule has 0 amide bonds. The van der Waals surface area contributed by atoms with E-state index in [9.17, 15) is 0 Å². The van der Waals surface area contributed by atoms with Crippen molar-refractivity contribution in [1.29, 1.82) is 0 Å². The first-order chi connectivity index (χ1) is 7.75. The Balaban J connectivity index is 2.18. The number of hydrogen-bond donors (Lipinski definition) is 0. The van der Waals surface area contributed by atoms with Crippen LogP contribution in [0.2, 0.25) is 0 Å². The Bertz CT molecular complexity index is 527. The summed E-state index contributed by atoms with van der Waals surface area (Å²) < 4.78 is 3.42. The number of rotatable bonds is 0. The second-order valence-electron chi connectivity index (χ2n) is 4.76. The zero-order valence-corrected chi connectivity index (χ0v) is 11.6. The third-order valence-corrected chi connectivity index (χ3v) is 6.59. The number of nitrogens with zero attached hydrogens (tertiary/aromatic N) is 1. The Hall–Kier alpha value is -0.561. The van der Waals surface area contributed by atoms with E-state index in [1.807, 2.05) is 0 Å². The minimum absolute atomic E-state index is 0.612. The molecule has 0 spiro atoms. The first-order valence-electron chi connectivity index (χ1n) is 5.94. The van der Waals surface area contributed by atoms with Gasteiger partial charge in [-0.15, -0.1) is 0 Å². The molecule has 84 valence electrons. The van der Waals surface area contributed by atoms with Crippen LogP contribution in [0.4, 0.5) is 0 Å². The van der Waals surface area contributed by atoms with Crippen LogP contribution in [0.25, 0.3) is 9.65 Å². The molecule has 16 heavy (non-hydrogen) atoms. The second kappa shape index (κ2) is 4.03. The van der Waals surface area contributed by atoms with Crippen molar-refractivity contribution in [2.24, 2.45) is 0 Å². The van der Waals surface area contributed by atoms with E-state index >= 15 is 0 Å². The van der Waals surface area contributed by atoms with Gasteiger partial charge in [-0.1, -0.05) is 0 Å². The van der Waals surface area contributed by atoms with Crippen LogP contribution in [-0.2, 0) is 12.8 Å². The molecule has 0 fully saturated rings. The summed E-state index contributed by atoms with van der Waals surface area (Å²) in [6.45, 7) is 4.73. The predicted octanol–water partition coefficient (Wildman–Crippen LogP) is 2.24. The van der Waals surface area contributed by atoms with Gasteiger partial charge in [0.1, 0.15) is 0 Å². The van der Waals surface area contributed by atoms with E-state index < -0.39 is 0 Å². The summed E-state index contributed by atoms with van der Waals surface area (Å²) in [5.41, 5.74) is 3.18. The normalized spacial score (nSPS) is 17.4. The number of hydrogen-bond acceptors (Lipinski definition) is 1. The van der Waals surface area contributed by atoms with E-state index in [1.165, 1.54) is 31.5 Å². The number of benzene rings is 1. The summed E-state index contributed by atoms with van der Waals surface area (Å²) in [4.78, 5) is 2.46. The zero-order valence-electron chi connectivity index (χ0n) is 9.92. The van der Waals surface area contributed by atoms with E-state index in [-0.39, 0.29) is 0 Å². The fraction of sp³-hybridized carbons (Fsp3) is 0.429. The molecule has 1 aliphatic heterocycles. The molecule has 3 rings (SSSR count). The number of fused-ring (bicyclic) bond motifs is 3. The molecule has 0 saturated heterocycles. The van der Waals surface area contributed by atoms with Crippen LogP contribution in [0.3, 0.4) is 0 Å². The molecule has 0 unspecified atom stereocenters. The van der Waals surface area contributed by atoms with Gasteiger partial charge in [0, 0.05) is 0 Å². The molecule has 0 N–H and O–H groups in total. The summed E-state index contributed by atoms with van der Waals surface area (Å²) in [5.74, 6) is 0. The standard InChI is InChI=1S/C14H17NSe/c1-10-4-3-5-12-11-6-8-15(2)9-7-13(11)16-14(10)12/h3-5H,6-9H2,1-2H3. The van der Waals surface area contributed by atoms with Crippen molar-refractivity contribution in [2.75, 3.05) is 20.1 Å². The molecular weight excluding hydrogens is 261 g/mol. The van der Waals surface area contributed by atoms with Crippen molar-refractivity contribution in [2.45, 2.75) is 19.8 Å². The second-order valence-corrected chi connectivity index (χ2v) is 7.08. The van der Waals surface area contributed by atoms with Gasteiger partial charge in [0.05, 0.1) is 0 Å². The number of aryl methyl sites for hydroxylation is 1. The van der Waals surface area contributed by atoms with Gasteiger partial charge >= 0.3 is 103 Å². The molecule has 1 aromatic carbocycles. The molecule has 1 aliphatic rings. The first-order valence-corrected chi connectivity index (χ1v) is 7.65. The van der Waals surface area contributed by atoms with Crippen molar-refractivity contribution in [1.82, 2.24) is 4.90 Å². The Morgan fingerprint density at radius 1 is 1.19 bits per heavy atom. The average Bonchev–Trinajstić information content (AvgIpc) is 2.53. The Labute approximate surface area is 103 Å². The summed E-state index contributed by atoms with van der Waals surface area (Å²) >= 11 is 0.612. The van der Waals surface area contributed by atoms with Crippen molar-refractivity contribution >= 4 is 24.1 Å². The topological polar surface area (TPSA) is 3.24 Å². The quantitative estimate of drug-likeness (QED) is 0.668. The molecular formula is C14H17NSe. The molecule has 0 aliphatic carbocycles. The van der Waals surface area contributed by atoms with Crippen molar-refractivity contribution in [3.8, 4) is 0 Å². The Morgan fingerprint density at radius 2 is 2.00 bits per heavy atom. The Morgan fingerprint density at radius 3 is 2.88 bits per heavy atom. The van der Waals surface area contributed by atoms with E-state index in [0.29, 0.717) is 14.5 Å². The van der Waals surface area contributed by atoms with Crippen molar-refractivity contribution in [3.05, 3.63) is 33.8 Å². The van der Waals surface area contributed by atoms with E-state index in [1.54, 1.807) is 19.6 Å². The third-order valence-electron chi connectivity index (χ3n) is 3.56. The van der Waals surface area contributed by atoms with Crippen LogP contribution in [0.5, 0.6) is 0 Å². The molecule has 1 aromatic heterocycles. The molecule has 2 heteroatoms. The SMILES string of the molecule is Cc1cccc2c3c([se]c12)CCN(C)CC3. The summed E-state index contributed by atoms with van der Waals surface area (Å²) in [6, 6.07) is 6.81. The van der Waals surface area contributed by atoms with Gasteiger partial charge in [-0.25, -0.2) is 0 Å². The maximum absolute atomic E-state index is 2.46. The van der Waals surface area contributed by atoms with Gasteiger partial charge in [0.2, 0.25) is 0 Å². The Kier molecular flexibility index (Phi) is 2.67. The van der Waals surface area contributed by atoms with Crippen LogP contribution < -0.4 is 0 Å². The van der Waals surface area contributed by atoms with Crippen LogP contribution in [0.1, 0.15) is 15.6 Å². The molecule has 2 aromatic rings. The van der Waals surface area contributed by atoms with Gasteiger partial charge in [-0.05, 0) is 0 Å². The molecule has 0 saturated carbocycles. The summed E-state index contributed by atoms with van der Waals surface area (Å²) in [7, 11) is 2.24. The van der Waals surface area contributed by atoms with Crippen molar-refractivity contribution < 1.29 is 0 Å². The van der Waals surface area contributed by atoms with Gasteiger partial charge in [0.25, 0.3) is 0 Å². The third kappa shape index (κ3) is 1.66. The molecule has 2 heterocycles. The summed E-state index contributed by atoms with van der Waals surface area (Å²) in [5, 5.41) is 1.57. The molecule has 0 atom stereocenters. The van der Waals surface area contributed by atoms with Crippen molar-refractivity contribution in [3.63, 3.8) is 0 Å². The predicted molar refractivity (Wildman–Crippen MR) is 70.5 cm³/mol. The molecule has 0 radical (unpaired) electrons. The monoisotopic (exact) mass is 279 g/mol. The van der Waals surface area contributed by atoms with Gasteiger partial charge < -0.3 is 0 Å². The van der Waals surface area contributed by atoms with Gasteiger partial charge in [0.15, 0.2) is 0 Å². The van der Waals surface area contributed by atoms with Crippen LogP contribution in [0, 0.1) is 6.92 Å². The maximum atomic E-state index is 2.46. The first kappa shape index (κ1) is 10.6. The van der Waals surface area contributed by atoms with Crippen LogP contribution in [0.15, 0.2) is 18.2 Å². The van der Waals surface area contributed by atoms with Gasteiger partial charge in [-0.3, -0.25) is 0 Å². The molecule has 0 bridgehead atoms. The van der Waals surface area contributed by atoms with E-state index in [4.69, 9.17) is 0 Å². The van der Waals surface area contributed by atoms with Gasteiger partial charge in [-0.2, -0.15) is 0 Å². The van der Waals surface area contributed by atoms with E-state index in [0.717, 1.165) is 0 Å². The van der Waals surface area contributed by atoms with Crippen LogP contribution >= 0.6 is 0 Å². The summed E-state index contributed by atoms with van der Waals surface area (Å²) in [6.07, 6.45) is 2.55. The fourth-order valence-corrected chi connectivity index (χ4v) is 5.28.